The zero-order chi connectivity index (χ0) is 17.5. The van der Waals surface area contributed by atoms with Crippen LogP contribution in [0.2, 0.25) is 5.02 Å². The Labute approximate surface area is 155 Å². The van der Waals surface area contributed by atoms with Crippen LogP contribution in [0.3, 0.4) is 0 Å². The van der Waals surface area contributed by atoms with Crippen LogP contribution in [-0.4, -0.2) is 29.7 Å². The SMILES string of the molecule is COc1ccc(OCCSCc2nnc(-c3ccc(Cl)cc3)o2)cc1. The van der Waals surface area contributed by atoms with Gasteiger partial charge in [0.15, 0.2) is 0 Å². The number of thioether (sulfide) groups is 1. The van der Waals surface area contributed by atoms with E-state index in [1.165, 1.54) is 0 Å². The molecule has 0 aliphatic rings. The van der Waals surface area contributed by atoms with Gasteiger partial charge in [-0.3, -0.25) is 0 Å². The number of methoxy groups -OCH3 is 1. The summed E-state index contributed by atoms with van der Waals surface area (Å²) in [6, 6.07) is 14.8. The Hall–Kier alpha value is -2.18. The Morgan fingerprint density at radius 3 is 2.44 bits per heavy atom. The van der Waals surface area contributed by atoms with E-state index in [4.69, 9.17) is 25.5 Å². The second kappa shape index (κ2) is 8.78. The molecule has 1 heterocycles. The molecule has 0 N–H and O–H groups in total. The van der Waals surface area contributed by atoms with Crippen LogP contribution < -0.4 is 9.47 Å². The van der Waals surface area contributed by atoms with Gasteiger partial charge in [0.2, 0.25) is 11.8 Å². The third kappa shape index (κ3) is 5.14. The highest BCUT2D eigenvalue weighted by Crippen LogP contribution is 2.22. The largest absolute Gasteiger partial charge is 0.497 e. The van der Waals surface area contributed by atoms with Gasteiger partial charge in [0.05, 0.1) is 19.5 Å². The van der Waals surface area contributed by atoms with E-state index < -0.39 is 0 Å². The maximum Gasteiger partial charge on any atom is 0.247 e. The molecule has 25 heavy (non-hydrogen) atoms. The molecule has 0 atom stereocenters. The molecule has 0 spiro atoms. The molecule has 0 aliphatic heterocycles. The summed E-state index contributed by atoms with van der Waals surface area (Å²) in [7, 11) is 1.64. The van der Waals surface area contributed by atoms with Crippen molar-refractivity contribution in [1.82, 2.24) is 10.2 Å². The zero-order valence-corrected chi connectivity index (χ0v) is 15.2. The molecule has 0 fully saturated rings. The number of aromatic nitrogens is 2. The van der Waals surface area contributed by atoms with Gasteiger partial charge in [-0.15, -0.1) is 22.0 Å². The second-order valence-corrected chi connectivity index (χ2v) is 6.63. The molecule has 0 unspecified atom stereocenters. The van der Waals surface area contributed by atoms with Gasteiger partial charge in [-0.25, -0.2) is 0 Å². The summed E-state index contributed by atoms with van der Waals surface area (Å²) in [6.45, 7) is 0.606. The molecule has 0 amide bonds. The number of rotatable bonds is 8. The van der Waals surface area contributed by atoms with Crippen molar-refractivity contribution < 1.29 is 13.9 Å². The van der Waals surface area contributed by atoms with Gasteiger partial charge in [0, 0.05) is 16.3 Å². The smallest absolute Gasteiger partial charge is 0.247 e. The number of ether oxygens (including phenoxy) is 2. The highest BCUT2D eigenvalue weighted by molar-refractivity contribution is 7.98. The van der Waals surface area contributed by atoms with Gasteiger partial charge in [0.1, 0.15) is 11.5 Å². The van der Waals surface area contributed by atoms with Crippen molar-refractivity contribution in [2.24, 2.45) is 0 Å². The van der Waals surface area contributed by atoms with Crippen LogP contribution in [-0.2, 0) is 5.75 Å². The zero-order valence-electron chi connectivity index (χ0n) is 13.6. The molecule has 0 saturated carbocycles. The normalized spacial score (nSPS) is 10.6. The molecule has 0 bridgehead atoms. The first-order valence-corrected chi connectivity index (χ1v) is 9.21. The average Bonchev–Trinajstić information content (AvgIpc) is 3.11. The van der Waals surface area contributed by atoms with Crippen LogP contribution in [0.25, 0.3) is 11.5 Å². The van der Waals surface area contributed by atoms with E-state index in [1.807, 2.05) is 36.4 Å². The van der Waals surface area contributed by atoms with Crippen LogP contribution >= 0.6 is 23.4 Å². The monoisotopic (exact) mass is 376 g/mol. The number of benzene rings is 2. The number of halogens is 1. The van der Waals surface area contributed by atoms with Crippen LogP contribution in [0.1, 0.15) is 5.89 Å². The van der Waals surface area contributed by atoms with Gasteiger partial charge in [-0.05, 0) is 48.5 Å². The van der Waals surface area contributed by atoms with E-state index in [0.29, 0.717) is 29.2 Å². The quantitative estimate of drug-likeness (QED) is 0.530. The van der Waals surface area contributed by atoms with Crippen LogP contribution in [0, 0.1) is 0 Å². The first kappa shape index (κ1) is 17.6. The highest BCUT2D eigenvalue weighted by atomic mass is 35.5. The van der Waals surface area contributed by atoms with E-state index in [0.717, 1.165) is 22.8 Å². The lowest BCUT2D eigenvalue weighted by atomic mass is 10.2. The molecule has 0 radical (unpaired) electrons. The summed E-state index contributed by atoms with van der Waals surface area (Å²) < 4.78 is 16.4. The Morgan fingerprint density at radius 1 is 1.00 bits per heavy atom. The molecule has 130 valence electrons. The first-order chi connectivity index (χ1) is 12.2. The highest BCUT2D eigenvalue weighted by Gasteiger charge is 2.08. The lowest BCUT2D eigenvalue weighted by molar-refractivity contribution is 0.342. The third-order valence-electron chi connectivity index (χ3n) is 3.34. The first-order valence-electron chi connectivity index (χ1n) is 7.67. The predicted molar refractivity (Wildman–Crippen MR) is 99.4 cm³/mol. The molecule has 0 aliphatic carbocycles. The summed E-state index contributed by atoms with van der Waals surface area (Å²) >= 11 is 7.55. The van der Waals surface area contributed by atoms with Crippen molar-refractivity contribution in [3.05, 3.63) is 59.4 Å². The fourth-order valence-electron chi connectivity index (χ4n) is 2.07. The Balaban J connectivity index is 1.41. The summed E-state index contributed by atoms with van der Waals surface area (Å²) in [6.07, 6.45) is 0. The average molecular weight is 377 g/mol. The van der Waals surface area contributed by atoms with Crippen molar-refractivity contribution in [3.63, 3.8) is 0 Å². The topological polar surface area (TPSA) is 57.4 Å². The van der Waals surface area contributed by atoms with Gasteiger partial charge in [-0.2, -0.15) is 0 Å². The van der Waals surface area contributed by atoms with Crippen molar-refractivity contribution >= 4 is 23.4 Å². The lowest BCUT2D eigenvalue weighted by Gasteiger charge is -2.06. The van der Waals surface area contributed by atoms with Crippen molar-refractivity contribution in [1.29, 1.82) is 0 Å². The molecule has 3 rings (SSSR count). The summed E-state index contributed by atoms with van der Waals surface area (Å²) in [5.74, 6) is 4.21. The fourth-order valence-corrected chi connectivity index (χ4v) is 2.83. The van der Waals surface area contributed by atoms with Gasteiger partial charge in [-0.1, -0.05) is 11.6 Å². The van der Waals surface area contributed by atoms with E-state index in [1.54, 1.807) is 31.0 Å². The molecule has 5 nitrogen and oxygen atoms in total. The van der Waals surface area contributed by atoms with Crippen LogP contribution in [0.4, 0.5) is 0 Å². The maximum absolute atomic E-state index is 5.87. The van der Waals surface area contributed by atoms with Gasteiger partial charge in [0.25, 0.3) is 0 Å². The fraction of sp³-hybridized carbons (Fsp3) is 0.222. The Bertz CT molecular complexity index is 791. The molecule has 1 aromatic heterocycles. The predicted octanol–water partition coefficient (Wildman–Crippen LogP) is 4.71. The number of nitrogens with zero attached hydrogens (tertiary/aromatic N) is 2. The summed E-state index contributed by atoms with van der Waals surface area (Å²) in [4.78, 5) is 0. The molecule has 0 saturated heterocycles. The minimum atomic E-state index is 0.502. The molecule has 2 aromatic carbocycles. The summed E-state index contributed by atoms with van der Waals surface area (Å²) in [5, 5.41) is 8.80. The standard InChI is InChI=1S/C18H17ClN2O3S/c1-22-15-6-8-16(9-7-15)23-10-11-25-12-17-20-21-18(24-17)13-2-4-14(19)5-3-13/h2-9H,10-12H2,1H3. The molecule has 7 heteroatoms. The van der Waals surface area contributed by atoms with Gasteiger partial charge >= 0.3 is 0 Å². The molecular weight excluding hydrogens is 360 g/mol. The number of hydrogen-bond acceptors (Lipinski definition) is 6. The summed E-state index contributed by atoms with van der Waals surface area (Å²) in [5.41, 5.74) is 0.857. The van der Waals surface area contributed by atoms with Crippen molar-refractivity contribution in [2.45, 2.75) is 5.75 Å². The second-order valence-electron chi connectivity index (χ2n) is 5.08. The van der Waals surface area contributed by atoms with Crippen LogP contribution in [0.15, 0.2) is 52.9 Å². The van der Waals surface area contributed by atoms with Crippen LogP contribution in [0.5, 0.6) is 11.5 Å². The van der Waals surface area contributed by atoms with Crippen molar-refractivity contribution in [2.75, 3.05) is 19.5 Å². The molecular formula is C18H17ClN2O3S. The number of hydrogen-bond donors (Lipinski definition) is 0. The van der Waals surface area contributed by atoms with E-state index in [9.17, 15) is 0 Å². The maximum atomic E-state index is 5.87. The van der Waals surface area contributed by atoms with E-state index in [-0.39, 0.29) is 0 Å². The minimum Gasteiger partial charge on any atom is -0.497 e. The van der Waals surface area contributed by atoms with E-state index in [2.05, 4.69) is 10.2 Å². The Kier molecular flexibility index (Phi) is 6.19. The third-order valence-corrected chi connectivity index (χ3v) is 4.50. The van der Waals surface area contributed by atoms with Crippen molar-refractivity contribution in [3.8, 4) is 23.0 Å². The Morgan fingerprint density at radius 2 is 1.72 bits per heavy atom. The molecule has 3 aromatic rings. The lowest BCUT2D eigenvalue weighted by Crippen LogP contribution is -2.00. The van der Waals surface area contributed by atoms with E-state index >= 15 is 0 Å². The van der Waals surface area contributed by atoms with Gasteiger partial charge < -0.3 is 13.9 Å². The minimum absolute atomic E-state index is 0.502.